The first kappa shape index (κ1) is 14.4. The van der Waals surface area contributed by atoms with Crippen LogP contribution in [0, 0.1) is 20.8 Å². The molecular formula is C18H23NO. The van der Waals surface area contributed by atoms with Crippen molar-refractivity contribution in [2.75, 3.05) is 18.5 Å². The van der Waals surface area contributed by atoms with Crippen LogP contribution in [0.15, 0.2) is 42.5 Å². The molecule has 0 radical (unpaired) electrons. The van der Waals surface area contributed by atoms with Gasteiger partial charge in [-0.3, -0.25) is 0 Å². The highest BCUT2D eigenvalue weighted by Crippen LogP contribution is 2.16. The van der Waals surface area contributed by atoms with Gasteiger partial charge in [-0.05, 0) is 62.1 Å². The third-order valence-corrected chi connectivity index (χ3v) is 3.29. The Morgan fingerprint density at radius 2 is 1.75 bits per heavy atom. The van der Waals surface area contributed by atoms with Crippen molar-refractivity contribution in [1.29, 1.82) is 0 Å². The zero-order valence-corrected chi connectivity index (χ0v) is 12.6. The zero-order chi connectivity index (χ0) is 14.4. The molecule has 0 saturated carbocycles. The van der Waals surface area contributed by atoms with Gasteiger partial charge < -0.3 is 10.1 Å². The summed E-state index contributed by atoms with van der Waals surface area (Å²) < 4.78 is 5.74. The molecule has 0 aliphatic heterocycles. The molecule has 2 aromatic rings. The Hall–Kier alpha value is -1.96. The summed E-state index contributed by atoms with van der Waals surface area (Å²) in [6.45, 7) is 7.99. The minimum atomic E-state index is 0.737. The zero-order valence-electron chi connectivity index (χ0n) is 12.6. The van der Waals surface area contributed by atoms with Crippen molar-refractivity contribution in [3.8, 4) is 5.75 Å². The number of ether oxygens (including phenoxy) is 1. The topological polar surface area (TPSA) is 21.3 Å². The maximum Gasteiger partial charge on any atom is 0.119 e. The van der Waals surface area contributed by atoms with Crippen molar-refractivity contribution in [3.05, 3.63) is 59.2 Å². The lowest BCUT2D eigenvalue weighted by Crippen LogP contribution is -2.08. The molecule has 0 aromatic heterocycles. The molecule has 106 valence electrons. The summed E-state index contributed by atoms with van der Waals surface area (Å²) in [6.07, 6.45) is 0.987. The Bertz CT molecular complexity index is 563. The average molecular weight is 269 g/mol. The molecular weight excluding hydrogens is 246 g/mol. The van der Waals surface area contributed by atoms with Gasteiger partial charge in [-0.25, -0.2) is 0 Å². The van der Waals surface area contributed by atoms with Crippen LogP contribution in [0.3, 0.4) is 0 Å². The van der Waals surface area contributed by atoms with Gasteiger partial charge in [0.05, 0.1) is 6.61 Å². The van der Waals surface area contributed by atoms with Crippen molar-refractivity contribution in [2.24, 2.45) is 0 Å². The van der Waals surface area contributed by atoms with E-state index in [4.69, 9.17) is 4.74 Å². The average Bonchev–Trinajstić information content (AvgIpc) is 2.42. The molecule has 0 spiro atoms. The van der Waals surface area contributed by atoms with Crippen LogP contribution in [0.25, 0.3) is 0 Å². The predicted octanol–water partition coefficient (Wildman–Crippen LogP) is 4.49. The van der Waals surface area contributed by atoms with Crippen molar-refractivity contribution in [3.63, 3.8) is 0 Å². The number of aryl methyl sites for hydroxylation is 3. The van der Waals surface area contributed by atoms with E-state index in [1.165, 1.54) is 22.4 Å². The van der Waals surface area contributed by atoms with E-state index < -0.39 is 0 Å². The highest BCUT2D eigenvalue weighted by Gasteiger charge is 1.98. The molecule has 0 heterocycles. The Labute approximate surface area is 121 Å². The fraction of sp³-hybridized carbons (Fsp3) is 0.333. The second-order valence-electron chi connectivity index (χ2n) is 5.26. The molecule has 0 fully saturated rings. The van der Waals surface area contributed by atoms with Gasteiger partial charge >= 0.3 is 0 Å². The number of hydrogen-bond donors (Lipinski definition) is 1. The van der Waals surface area contributed by atoms with E-state index in [0.29, 0.717) is 0 Å². The molecule has 2 aromatic carbocycles. The molecule has 0 bridgehead atoms. The lowest BCUT2D eigenvalue weighted by Gasteiger charge is -2.11. The van der Waals surface area contributed by atoms with E-state index in [0.717, 1.165) is 25.3 Å². The quantitative estimate of drug-likeness (QED) is 0.780. The van der Waals surface area contributed by atoms with Gasteiger partial charge in [0.2, 0.25) is 0 Å². The van der Waals surface area contributed by atoms with Crippen LogP contribution >= 0.6 is 0 Å². The minimum Gasteiger partial charge on any atom is -0.494 e. The van der Waals surface area contributed by atoms with Crippen LogP contribution in [0.4, 0.5) is 5.69 Å². The number of anilines is 1. The second-order valence-corrected chi connectivity index (χ2v) is 5.26. The maximum absolute atomic E-state index is 5.74. The van der Waals surface area contributed by atoms with Crippen LogP contribution in [0.1, 0.15) is 23.1 Å². The number of nitrogens with one attached hydrogen (secondary N) is 1. The van der Waals surface area contributed by atoms with Crippen molar-refractivity contribution >= 4 is 5.69 Å². The molecule has 0 aliphatic rings. The fourth-order valence-corrected chi connectivity index (χ4v) is 2.12. The molecule has 2 nitrogen and oxygen atoms in total. The molecule has 0 atom stereocenters. The van der Waals surface area contributed by atoms with Gasteiger partial charge in [-0.1, -0.05) is 24.3 Å². The molecule has 2 heteroatoms. The molecule has 0 amide bonds. The highest BCUT2D eigenvalue weighted by molar-refractivity contribution is 5.52. The van der Waals surface area contributed by atoms with Crippen molar-refractivity contribution < 1.29 is 4.74 Å². The first-order valence-corrected chi connectivity index (χ1v) is 7.16. The first-order chi connectivity index (χ1) is 9.65. The molecule has 2 rings (SSSR count). The molecule has 0 saturated heterocycles. The van der Waals surface area contributed by atoms with Crippen LogP contribution in [-0.2, 0) is 0 Å². The summed E-state index contributed by atoms with van der Waals surface area (Å²) in [5.74, 6) is 0.955. The number of hydrogen-bond acceptors (Lipinski definition) is 2. The molecule has 0 aliphatic carbocycles. The van der Waals surface area contributed by atoms with Gasteiger partial charge in [0.1, 0.15) is 5.75 Å². The van der Waals surface area contributed by atoms with E-state index in [2.05, 4.69) is 56.4 Å². The summed E-state index contributed by atoms with van der Waals surface area (Å²) in [6, 6.07) is 14.7. The van der Waals surface area contributed by atoms with Gasteiger partial charge in [0, 0.05) is 12.2 Å². The van der Waals surface area contributed by atoms with E-state index in [9.17, 15) is 0 Å². The Morgan fingerprint density at radius 1 is 0.950 bits per heavy atom. The summed E-state index contributed by atoms with van der Waals surface area (Å²) >= 11 is 0. The van der Waals surface area contributed by atoms with Crippen LogP contribution in [0.5, 0.6) is 5.75 Å². The Kier molecular flexibility index (Phi) is 5.05. The van der Waals surface area contributed by atoms with Crippen LogP contribution in [0.2, 0.25) is 0 Å². The van der Waals surface area contributed by atoms with Gasteiger partial charge in [-0.15, -0.1) is 0 Å². The van der Waals surface area contributed by atoms with Crippen LogP contribution in [-0.4, -0.2) is 13.2 Å². The van der Waals surface area contributed by atoms with E-state index in [-0.39, 0.29) is 0 Å². The molecule has 20 heavy (non-hydrogen) atoms. The largest absolute Gasteiger partial charge is 0.494 e. The lowest BCUT2D eigenvalue weighted by molar-refractivity contribution is 0.315. The normalized spacial score (nSPS) is 10.3. The van der Waals surface area contributed by atoms with Crippen molar-refractivity contribution in [2.45, 2.75) is 27.2 Å². The van der Waals surface area contributed by atoms with E-state index in [1.807, 2.05) is 12.1 Å². The van der Waals surface area contributed by atoms with Gasteiger partial charge in [0.25, 0.3) is 0 Å². The lowest BCUT2D eigenvalue weighted by atomic mass is 10.1. The standard InChI is InChI=1S/C18H23NO/c1-14-6-4-7-17(12-14)20-11-5-10-19-18-13-15(2)8-9-16(18)3/h4,6-9,12-13,19H,5,10-11H2,1-3H3. The minimum absolute atomic E-state index is 0.737. The summed E-state index contributed by atoms with van der Waals surface area (Å²) in [4.78, 5) is 0. The predicted molar refractivity (Wildman–Crippen MR) is 85.7 cm³/mol. The second kappa shape index (κ2) is 6.99. The summed E-state index contributed by atoms with van der Waals surface area (Å²) in [5.41, 5.74) is 5.03. The van der Waals surface area contributed by atoms with Gasteiger partial charge in [0.15, 0.2) is 0 Å². The maximum atomic E-state index is 5.74. The molecule has 1 N–H and O–H groups in total. The smallest absolute Gasteiger partial charge is 0.119 e. The highest BCUT2D eigenvalue weighted by atomic mass is 16.5. The number of rotatable bonds is 6. The first-order valence-electron chi connectivity index (χ1n) is 7.16. The summed E-state index contributed by atoms with van der Waals surface area (Å²) in [5, 5.41) is 3.47. The molecule has 0 unspecified atom stereocenters. The van der Waals surface area contributed by atoms with Gasteiger partial charge in [-0.2, -0.15) is 0 Å². The van der Waals surface area contributed by atoms with E-state index >= 15 is 0 Å². The third-order valence-electron chi connectivity index (χ3n) is 3.29. The summed E-state index contributed by atoms with van der Waals surface area (Å²) in [7, 11) is 0. The SMILES string of the molecule is Cc1cccc(OCCCNc2cc(C)ccc2C)c1. The Balaban J connectivity index is 1.73. The fourth-order valence-electron chi connectivity index (χ4n) is 2.12. The van der Waals surface area contributed by atoms with Crippen LogP contribution < -0.4 is 10.1 Å². The monoisotopic (exact) mass is 269 g/mol. The Morgan fingerprint density at radius 3 is 2.55 bits per heavy atom. The van der Waals surface area contributed by atoms with E-state index in [1.54, 1.807) is 0 Å². The number of benzene rings is 2. The third kappa shape index (κ3) is 4.30. The van der Waals surface area contributed by atoms with Crippen molar-refractivity contribution in [1.82, 2.24) is 0 Å².